The monoisotopic (exact) mass is 260 g/mol. The summed E-state index contributed by atoms with van der Waals surface area (Å²) in [5, 5.41) is 25.3. The molecule has 0 saturated carbocycles. The van der Waals surface area contributed by atoms with Crippen LogP contribution in [0, 0.1) is 0 Å². The van der Waals surface area contributed by atoms with E-state index in [1.165, 1.54) is 6.07 Å². The van der Waals surface area contributed by atoms with Gasteiger partial charge in [0.05, 0.1) is 5.75 Å². The Morgan fingerprint density at radius 2 is 1.94 bits per heavy atom. The van der Waals surface area contributed by atoms with E-state index in [0.717, 1.165) is 12.1 Å². The molecule has 0 heterocycles. The molecule has 0 aliphatic rings. The Labute approximate surface area is 97.9 Å². The Morgan fingerprint density at radius 3 is 2.47 bits per heavy atom. The average Bonchev–Trinajstić information content (AvgIpc) is 2.20. The van der Waals surface area contributed by atoms with E-state index in [0.29, 0.717) is 0 Å². The second-order valence-corrected chi connectivity index (χ2v) is 5.06. The number of phenolic OH excluding ortho intramolecular Hbond substituents is 2. The Kier molecular flexibility index (Phi) is 3.92. The summed E-state index contributed by atoms with van der Waals surface area (Å²) in [7, 11) is -3.62. The molecule has 0 saturated heterocycles. The number of nitrogens with one attached hydrogen (secondary N) is 1. The minimum absolute atomic E-state index is 0.106. The highest BCUT2D eigenvalue weighted by atomic mass is 32.2. The quantitative estimate of drug-likeness (QED) is 0.522. The van der Waals surface area contributed by atoms with Crippen LogP contribution in [-0.2, 0) is 10.0 Å². The van der Waals surface area contributed by atoms with E-state index in [9.17, 15) is 13.2 Å². The van der Waals surface area contributed by atoms with Gasteiger partial charge in [-0.1, -0.05) is 0 Å². The van der Waals surface area contributed by atoms with Gasteiger partial charge in [-0.2, -0.15) is 0 Å². The van der Waals surface area contributed by atoms with Gasteiger partial charge in [0, 0.05) is 12.1 Å². The van der Waals surface area contributed by atoms with Gasteiger partial charge in [0.25, 0.3) is 5.91 Å². The van der Waals surface area contributed by atoms with Crippen molar-refractivity contribution in [3.05, 3.63) is 23.8 Å². The number of sulfonamides is 1. The van der Waals surface area contributed by atoms with Crippen molar-refractivity contribution in [2.75, 3.05) is 12.3 Å². The lowest BCUT2D eigenvalue weighted by atomic mass is 10.2. The van der Waals surface area contributed by atoms with Crippen molar-refractivity contribution in [2.45, 2.75) is 0 Å². The van der Waals surface area contributed by atoms with Gasteiger partial charge in [0.1, 0.15) is 0 Å². The van der Waals surface area contributed by atoms with Crippen LogP contribution in [0.2, 0.25) is 0 Å². The maximum absolute atomic E-state index is 11.5. The van der Waals surface area contributed by atoms with Gasteiger partial charge in [-0.25, -0.2) is 13.6 Å². The standard InChI is InChI=1S/C9H12N2O5S/c10-17(15,16)4-3-11-9(14)6-1-2-7(12)8(13)5-6/h1-2,5,12-13H,3-4H2,(H,11,14)(H2,10,15,16). The van der Waals surface area contributed by atoms with Crippen molar-refractivity contribution in [3.8, 4) is 11.5 Å². The molecule has 8 heteroatoms. The average molecular weight is 260 g/mol. The van der Waals surface area contributed by atoms with Gasteiger partial charge in [-0.15, -0.1) is 0 Å². The van der Waals surface area contributed by atoms with Crippen molar-refractivity contribution in [3.63, 3.8) is 0 Å². The molecule has 0 radical (unpaired) electrons. The normalized spacial score (nSPS) is 11.1. The number of rotatable bonds is 4. The summed E-state index contributed by atoms with van der Waals surface area (Å²) >= 11 is 0. The number of carbonyl (C=O) groups excluding carboxylic acids is 1. The van der Waals surface area contributed by atoms with Crippen LogP contribution < -0.4 is 10.5 Å². The molecule has 0 spiro atoms. The van der Waals surface area contributed by atoms with Crippen LogP contribution in [0.15, 0.2) is 18.2 Å². The SMILES string of the molecule is NS(=O)(=O)CCNC(=O)c1ccc(O)c(O)c1. The molecule has 1 amide bonds. The number of carbonyl (C=O) groups is 1. The molecule has 0 bridgehead atoms. The fourth-order valence-electron chi connectivity index (χ4n) is 1.07. The summed E-state index contributed by atoms with van der Waals surface area (Å²) in [6, 6.07) is 3.52. The van der Waals surface area contributed by atoms with Gasteiger partial charge in [-0.3, -0.25) is 4.79 Å². The third-order valence-corrected chi connectivity index (χ3v) is 2.68. The van der Waals surface area contributed by atoms with Crippen LogP contribution in [0.5, 0.6) is 11.5 Å². The largest absolute Gasteiger partial charge is 0.504 e. The first-order chi connectivity index (χ1) is 7.79. The predicted molar refractivity (Wildman–Crippen MR) is 60.1 cm³/mol. The molecule has 0 atom stereocenters. The van der Waals surface area contributed by atoms with E-state index in [1.807, 2.05) is 0 Å². The van der Waals surface area contributed by atoms with Crippen molar-refractivity contribution in [2.24, 2.45) is 5.14 Å². The highest BCUT2D eigenvalue weighted by Crippen LogP contribution is 2.24. The van der Waals surface area contributed by atoms with Crippen molar-refractivity contribution in [1.29, 1.82) is 0 Å². The Bertz CT molecular complexity index is 526. The maximum atomic E-state index is 11.5. The Morgan fingerprint density at radius 1 is 1.29 bits per heavy atom. The van der Waals surface area contributed by atoms with Gasteiger partial charge in [-0.05, 0) is 18.2 Å². The first kappa shape index (κ1) is 13.3. The third kappa shape index (κ3) is 4.29. The van der Waals surface area contributed by atoms with Crippen LogP contribution in [0.1, 0.15) is 10.4 Å². The molecule has 94 valence electrons. The molecule has 0 aromatic heterocycles. The minimum Gasteiger partial charge on any atom is -0.504 e. The Balaban J connectivity index is 2.61. The zero-order chi connectivity index (χ0) is 13.1. The topological polar surface area (TPSA) is 130 Å². The van der Waals surface area contributed by atoms with Crippen molar-refractivity contribution in [1.82, 2.24) is 5.32 Å². The molecule has 1 rings (SSSR count). The molecule has 0 fully saturated rings. The second-order valence-electron chi connectivity index (χ2n) is 3.33. The highest BCUT2D eigenvalue weighted by molar-refractivity contribution is 7.89. The number of amides is 1. The lowest BCUT2D eigenvalue weighted by Crippen LogP contribution is -2.31. The fourth-order valence-corrected chi connectivity index (χ4v) is 1.46. The lowest BCUT2D eigenvalue weighted by molar-refractivity contribution is 0.0955. The number of hydrogen-bond acceptors (Lipinski definition) is 5. The number of aromatic hydroxyl groups is 2. The fraction of sp³-hybridized carbons (Fsp3) is 0.222. The third-order valence-electron chi connectivity index (χ3n) is 1.91. The molecule has 1 aromatic carbocycles. The molecule has 1 aromatic rings. The molecule has 0 aliphatic heterocycles. The summed E-state index contributed by atoms with van der Waals surface area (Å²) in [5.41, 5.74) is 0.106. The number of nitrogens with two attached hydrogens (primary N) is 1. The summed E-state index contributed by atoms with van der Waals surface area (Å²) in [4.78, 5) is 11.5. The first-order valence-corrected chi connectivity index (χ1v) is 6.32. The van der Waals surface area contributed by atoms with E-state index < -0.39 is 21.7 Å². The first-order valence-electron chi connectivity index (χ1n) is 4.60. The molecule has 17 heavy (non-hydrogen) atoms. The second kappa shape index (κ2) is 5.02. The van der Waals surface area contributed by atoms with E-state index in [4.69, 9.17) is 15.4 Å². The molecular formula is C9H12N2O5S. The highest BCUT2D eigenvalue weighted by Gasteiger charge is 2.09. The molecular weight excluding hydrogens is 248 g/mol. The zero-order valence-electron chi connectivity index (χ0n) is 8.75. The number of primary sulfonamides is 1. The summed E-state index contributed by atoms with van der Waals surface area (Å²) < 4.78 is 21.2. The minimum atomic E-state index is -3.62. The predicted octanol–water partition coefficient (Wildman–Crippen LogP) is -0.884. The van der Waals surface area contributed by atoms with E-state index in [-0.39, 0.29) is 23.6 Å². The molecule has 5 N–H and O–H groups in total. The van der Waals surface area contributed by atoms with E-state index in [2.05, 4.69) is 5.32 Å². The smallest absolute Gasteiger partial charge is 0.251 e. The van der Waals surface area contributed by atoms with Gasteiger partial charge in [0.15, 0.2) is 11.5 Å². The van der Waals surface area contributed by atoms with Crippen LogP contribution in [0.4, 0.5) is 0 Å². The van der Waals surface area contributed by atoms with E-state index in [1.54, 1.807) is 0 Å². The van der Waals surface area contributed by atoms with Crippen LogP contribution in [0.25, 0.3) is 0 Å². The van der Waals surface area contributed by atoms with Gasteiger partial charge in [0.2, 0.25) is 10.0 Å². The summed E-state index contributed by atoms with van der Waals surface area (Å²) in [5.74, 6) is -1.71. The lowest BCUT2D eigenvalue weighted by Gasteiger charge is -2.05. The summed E-state index contributed by atoms with van der Waals surface area (Å²) in [6.45, 7) is -0.126. The number of benzene rings is 1. The maximum Gasteiger partial charge on any atom is 0.251 e. The molecule has 0 aliphatic carbocycles. The van der Waals surface area contributed by atoms with Gasteiger partial charge >= 0.3 is 0 Å². The van der Waals surface area contributed by atoms with Crippen LogP contribution >= 0.6 is 0 Å². The molecule has 7 nitrogen and oxygen atoms in total. The number of hydrogen-bond donors (Lipinski definition) is 4. The molecule has 0 unspecified atom stereocenters. The zero-order valence-corrected chi connectivity index (χ0v) is 9.57. The van der Waals surface area contributed by atoms with Crippen LogP contribution in [-0.4, -0.2) is 36.8 Å². The van der Waals surface area contributed by atoms with Gasteiger partial charge < -0.3 is 15.5 Å². The number of phenols is 2. The Hall–Kier alpha value is -1.80. The van der Waals surface area contributed by atoms with Crippen LogP contribution in [0.3, 0.4) is 0 Å². The van der Waals surface area contributed by atoms with E-state index >= 15 is 0 Å². The summed E-state index contributed by atoms with van der Waals surface area (Å²) in [6.07, 6.45) is 0. The van der Waals surface area contributed by atoms with Crippen molar-refractivity contribution >= 4 is 15.9 Å². The van der Waals surface area contributed by atoms with Crippen molar-refractivity contribution < 1.29 is 23.4 Å².